The van der Waals surface area contributed by atoms with Crippen molar-refractivity contribution in [3.63, 3.8) is 0 Å². The SMILES string of the molecule is NS(=O)(=O)c1ccc(CNC(=O)C2CCCOC2)s1. The molecule has 2 rings (SSSR count). The summed E-state index contributed by atoms with van der Waals surface area (Å²) in [6.45, 7) is 1.49. The summed E-state index contributed by atoms with van der Waals surface area (Å²) in [5.74, 6) is -0.156. The van der Waals surface area contributed by atoms with E-state index in [2.05, 4.69) is 5.32 Å². The zero-order valence-corrected chi connectivity index (χ0v) is 11.9. The predicted molar refractivity (Wildman–Crippen MR) is 71.1 cm³/mol. The fraction of sp³-hybridized carbons (Fsp3) is 0.545. The summed E-state index contributed by atoms with van der Waals surface area (Å²) in [4.78, 5) is 12.6. The number of rotatable bonds is 4. The second-order valence-corrected chi connectivity index (χ2v) is 7.35. The van der Waals surface area contributed by atoms with E-state index in [0.717, 1.165) is 29.1 Å². The number of thiophene rings is 1. The first-order chi connectivity index (χ1) is 8.97. The summed E-state index contributed by atoms with van der Waals surface area (Å²) >= 11 is 1.07. The molecule has 3 N–H and O–H groups in total. The number of ether oxygens (including phenoxy) is 1. The van der Waals surface area contributed by atoms with Gasteiger partial charge in [-0.05, 0) is 25.0 Å². The zero-order valence-electron chi connectivity index (χ0n) is 10.3. The Kier molecular flexibility index (Phi) is 4.56. The molecule has 0 aliphatic carbocycles. The molecule has 0 radical (unpaired) electrons. The fourth-order valence-corrected chi connectivity index (χ4v) is 3.59. The van der Waals surface area contributed by atoms with Crippen molar-refractivity contribution in [3.05, 3.63) is 17.0 Å². The molecule has 19 heavy (non-hydrogen) atoms. The van der Waals surface area contributed by atoms with Crippen molar-refractivity contribution in [1.82, 2.24) is 5.32 Å². The maximum atomic E-state index is 11.8. The van der Waals surface area contributed by atoms with Gasteiger partial charge in [0, 0.05) is 11.5 Å². The average molecular weight is 304 g/mol. The Morgan fingerprint density at radius 1 is 1.53 bits per heavy atom. The van der Waals surface area contributed by atoms with Gasteiger partial charge in [-0.2, -0.15) is 0 Å². The van der Waals surface area contributed by atoms with Gasteiger partial charge in [0.05, 0.1) is 19.1 Å². The molecule has 8 heteroatoms. The van der Waals surface area contributed by atoms with Crippen LogP contribution in [-0.2, 0) is 26.1 Å². The molecule has 1 aromatic heterocycles. The molecule has 1 aliphatic heterocycles. The normalized spacial score (nSPS) is 20.2. The second-order valence-electron chi connectivity index (χ2n) is 4.40. The number of amides is 1. The van der Waals surface area contributed by atoms with Gasteiger partial charge in [-0.25, -0.2) is 13.6 Å². The molecule has 0 saturated carbocycles. The molecule has 1 saturated heterocycles. The van der Waals surface area contributed by atoms with Crippen molar-refractivity contribution in [1.29, 1.82) is 0 Å². The molecular formula is C11H16N2O4S2. The Bertz CT molecular complexity index is 547. The number of carbonyl (C=O) groups is 1. The maximum Gasteiger partial charge on any atom is 0.247 e. The Balaban J connectivity index is 1.88. The van der Waals surface area contributed by atoms with Gasteiger partial charge in [-0.15, -0.1) is 11.3 Å². The molecule has 6 nitrogen and oxygen atoms in total. The van der Waals surface area contributed by atoms with Crippen LogP contribution in [0.2, 0.25) is 0 Å². The number of hydrogen-bond acceptors (Lipinski definition) is 5. The summed E-state index contributed by atoms with van der Waals surface area (Å²) in [6.07, 6.45) is 1.73. The van der Waals surface area contributed by atoms with Crippen LogP contribution < -0.4 is 10.5 Å². The first kappa shape index (κ1) is 14.4. The second kappa shape index (κ2) is 6.00. The highest BCUT2D eigenvalue weighted by atomic mass is 32.2. The minimum Gasteiger partial charge on any atom is -0.381 e. The number of nitrogens with one attached hydrogen (secondary N) is 1. The highest BCUT2D eigenvalue weighted by molar-refractivity contribution is 7.91. The van der Waals surface area contributed by atoms with Crippen LogP contribution in [0.4, 0.5) is 0 Å². The van der Waals surface area contributed by atoms with Gasteiger partial charge in [-0.3, -0.25) is 4.79 Å². The lowest BCUT2D eigenvalue weighted by atomic mass is 10.0. The Hall–Kier alpha value is -0.960. The van der Waals surface area contributed by atoms with Gasteiger partial charge < -0.3 is 10.1 Å². The van der Waals surface area contributed by atoms with Crippen LogP contribution in [-0.4, -0.2) is 27.5 Å². The smallest absolute Gasteiger partial charge is 0.247 e. The topological polar surface area (TPSA) is 98.5 Å². The summed E-state index contributed by atoms with van der Waals surface area (Å²) in [5, 5.41) is 7.81. The lowest BCUT2D eigenvalue weighted by molar-refractivity contribution is -0.129. The lowest BCUT2D eigenvalue weighted by Gasteiger charge is -2.20. The first-order valence-electron chi connectivity index (χ1n) is 5.94. The molecule has 106 valence electrons. The predicted octanol–water partition coefficient (Wildman–Crippen LogP) is 0.438. The van der Waals surface area contributed by atoms with Crippen molar-refractivity contribution in [2.45, 2.75) is 23.6 Å². The van der Waals surface area contributed by atoms with E-state index in [1.54, 1.807) is 6.07 Å². The largest absolute Gasteiger partial charge is 0.381 e. The van der Waals surface area contributed by atoms with Crippen LogP contribution in [0.5, 0.6) is 0 Å². The molecule has 0 aromatic carbocycles. The molecule has 2 heterocycles. The van der Waals surface area contributed by atoms with Gasteiger partial charge in [0.1, 0.15) is 4.21 Å². The van der Waals surface area contributed by atoms with Gasteiger partial charge >= 0.3 is 0 Å². The van der Waals surface area contributed by atoms with Gasteiger partial charge in [0.2, 0.25) is 15.9 Å². The van der Waals surface area contributed by atoms with E-state index in [1.165, 1.54) is 6.07 Å². The highest BCUT2D eigenvalue weighted by Crippen LogP contribution is 2.20. The molecule has 1 unspecified atom stereocenters. The van der Waals surface area contributed by atoms with Crippen molar-refractivity contribution >= 4 is 27.3 Å². The molecule has 1 aliphatic rings. The van der Waals surface area contributed by atoms with E-state index in [-0.39, 0.29) is 16.0 Å². The standard InChI is InChI=1S/C11H16N2O4S2/c12-19(15,16)10-4-3-9(18-10)6-13-11(14)8-2-1-5-17-7-8/h3-4,8H,1-2,5-7H2,(H,13,14)(H2,12,15,16). The molecule has 1 fully saturated rings. The van der Waals surface area contributed by atoms with Crippen molar-refractivity contribution in [2.24, 2.45) is 11.1 Å². The Labute approximate surface area is 116 Å². The van der Waals surface area contributed by atoms with E-state index in [4.69, 9.17) is 9.88 Å². The summed E-state index contributed by atoms with van der Waals surface area (Å²) < 4.78 is 27.6. The first-order valence-corrected chi connectivity index (χ1v) is 8.30. The van der Waals surface area contributed by atoms with Gasteiger partial charge in [0.15, 0.2) is 0 Å². The van der Waals surface area contributed by atoms with Crippen LogP contribution in [0.3, 0.4) is 0 Å². The van der Waals surface area contributed by atoms with Crippen molar-refractivity contribution in [2.75, 3.05) is 13.2 Å². The Morgan fingerprint density at radius 3 is 2.89 bits per heavy atom. The number of sulfonamides is 1. The summed E-state index contributed by atoms with van der Waals surface area (Å²) in [7, 11) is -3.66. The monoisotopic (exact) mass is 304 g/mol. The molecule has 1 amide bonds. The van der Waals surface area contributed by atoms with Gasteiger partial charge in [0.25, 0.3) is 0 Å². The van der Waals surface area contributed by atoms with E-state index in [0.29, 0.717) is 19.8 Å². The Morgan fingerprint density at radius 2 is 2.32 bits per heavy atom. The van der Waals surface area contributed by atoms with E-state index < -0.39 is 10.0 Å². The third-order valence-corrected chi connectivity index (χ3v) is 5.41. The fourth-order valence-electron chi connectivity index (χ4n) is 1.87. The molecule has 1 atom stereocenters. The molecule has 1 aromatic rings. The lowest BCUT2D eigenvalue weighted by Crippen LogP contribution is -2.35. The van der Waals surface area contributed by atoms with Crippen LogP contribution in [0, 0.1) is 5.92 Å². The summed E-state index contributed by atoms with van der Waals surface area (Å²) in [5.41, 5.74) is 0. The van der Waals surface area contributed by atoms with Crippen molar-refractivity contribution in [3.8, 4) is 0 Å². The average Bonchev–Trinajstić information content (AvgIpc) is 2.86. The van der Waals surface area contributed by atoms with Crippen molar-refractivity contribution < 1.29 is 17.9 Å². The molecular weight excluding hydrogens is 288 g/mol. The highest BCUT2D eigenvalue weighted by Gasteiger charge is 2.21. The molecule has 0 bridgehead atoms. The minimum absolute atomic E-state index is 0.0507. The van der Waals surface area contributed by atoms with E-state index in [1.807, 2.05) is 0 Å². The van der Waals surface area contributed by atoms with Gasteiger partial charge in [-0.1, -0.05) is 0 Å². The van der Waals surface area contributed by atoms with E-state index in [9.17, 15) is 13.2 Å². The van der Waals surface area contributed by atoms with Crippen LogP contribution in [0.15, 0.2) is 16.3 Å². The number of carbonyl (C=O) groups excluding carboxylic acids is 1. The summed E-state index contributed by atoms with van der Waals surface area (Å²) in [6, 6.07) is 3.10. The molecule has 0 spiro atoms. The number of primary sulfonamides is 1. The third kappa shape index (κ3) is 4.00. The number of nitrogens with two attached hydrogens (primary N) is 1. The third-order valence-electron chi connectivity index (χ3n) is 2.89. The maximum absolute atomic E-state index is 11.8. The van der Waals surface area contributed by atoms with Crippen LogP contribution >= 0.6 is 11.3 Å². The quantitative estimate of drug-likeness (QED) is 0.843. The van der Waals surface area contributed by atoms with E-state index >= 15 is 0 Å². The van der Waals surface area contributed by atoms with Crippen LogP contribution in [0.1, 0.15) is 17.7 Å². The number of hydrogen-bond donors (Lipinski definition) is 2. The zero-order chi connectivity index (χ0) is 13.9. The van der Waals surface area contributed by atoms with Crippen LogP contribution in [0.25, 0.3) is 0 Å². The minimum atomic E-state index is -3.66.